The Morgan fingerprint density at radius 2 is 2.31 bits per heavy atom. The summed E-state index contributed by atoms with van der Waals surface area (Å²) in [6.07, 6.45) is 2.95. The van der Waals surface area contributed by atoms with E-state index >= 15 is 0 Å². The zero-order valence-corrected chi connectivity index (χ0v) is 8.25. The Morgan fingerprint density at radius 3 is 2.85 bits per heavy atom. The van der Waals surface area contributed by atoms with E-state index in [1.165, 1.54) is 6.42 Å². The predicted octanol–water partition coefficient (Wildman–Crippen LogP) is 2.12. The number of hydrogen-bond donors (Lipinski definition) is 2. The van der Waals surface area contributed by atoms with Crippen molar-refractivity contribution in [3.05, 3.63) is 18.3 Å². The summed E-state index contributed by atoms with van der Waals surface area (Å²) in [4.78, 5) is 4.00. The highest BCUT2D eigenvalue weighted by atomic mass is 14.9. The molecule has 0 amide bonds. The van der Waals surface area contributed by atoms with E-state index < -0.39 is 0 Å². The zero-order chi connectivity index (χ0) is 9.68. The molecule has 13 heavy (non-hydrogen) atoms. The first-order valence-electron chi connectivity index (χ1n) is 4.67. The standard InChI is InChI=1S/C10H17N3/c1-3-8(2)6-12-9-4-5-10(11)13-7-9/h4-5,7-8,12H,3,6H2,1-2H3,(H2,11,13). The van der Waals surface area contributed by atoms with Gasteiger partial charge >= 0.3 is 0 Å². The molecule has 3 nitrogen and oxygen atoms in total. The maximum Gasteiger partial charge on any atom is 0.123 e. The second-order valence-corrected chi connectivity index (χ2v) is 3.37. The monoisotopic (exact) mass is 179 g/mol. The second-order valence-electron chi connectivity index (χ2n) is 3.37. The van der Waals surface area contributed by atoms with Gasteiger partial charge in [0.1, 0.15) is 5.82 Å². The van der Waals surface area contributed by atoms with Crippen LogP contribution in [0.3, 0.4) is 0 Å². The van der Waals surface area contributed by atoms with Gasteiger partial charge in [-0.05, 0) is 18.1 Å². The van der Waals surface area contributed by atoms with Crippen LogP contribution in [0, 0.1) is 5.92 Å². The van der Waals surface area contributed by atoms with E-state index in [4.69, 9.17) is 5.73 Å². The van der Waals surface area contributed by atoms with E-state index in [-0.39, 0.29) is 0 Å². The van der Waals surface area contributed by atoms with Crippen LogP contribution in [-0.4, -0.2) is 11.5 Å². The minimum absolute atomic E-state index is 0.564. The Labute approximate surface area is 79.4 Å². The summed E-state index contributed by atoms with van der Waals surface area (Å²) in [5, 5.41) is 3.30. The predicted molar refractivity (Wildman–Crippen MR) is 56.6 cm³/mol. The molecular weight excluding hydrogens is 162 g/mol. The van der Waals surface area contributed by atoms with Gasteiger partial charge in [0.2, 0.25) is 0 Å². The van der Waals surface area contributed by atoms with Gasteiger partial charge in [0, 0.05) is 6.54 Å². The number of rotatable bonds is 4. The number of aromatic nitrogens is 1. The molecule has 0 saturated carbocycles. The van der Waals surface area contributed by atoms with E-state index in [2.05, 4.69) is 24.1 Å². The third-order valence-corrected chi connectivity index (χ3v) is 2.14. The Kier molecular flexibility index (Phi) is 3.55. The van der Waals surface area contributed by atoms with Crippen LogP contribution in [0.1, 0.15) is 20.3 Å². The molecule has 0 aliphatic heterocycles. The molecule has 1 aromatic rings. The van der Waals surface area contributed by atoms with Gasteiger partial charge in [0.15, 0.2) is 0 Å². The molecule has 0 aliphatic carbocycles. The quantitative estimate of drug-likeness (QED) is 0.744. The van der Waals surface area contributed by atoms with Crippen LogP contribution in [0.2, 0.25) is 0 Å². The van der Waals surface area contributed by atoms with Crippen molar-refractivity contribution in [2.75, 3.05) is 17.6 Å². The molecule has 0 spiro atoms. The average Bonchev–Trinajstić information content (AvgIpc) is 2.16. The van der Waals surface area contributed by atoms with Gasteiger partial charge in [-0.15, -0.1) is 0 Å². The molecule has 72 valence electrons. The third kappa shape index (κ3) is 3.32. The van der Waals surface area contributed by atoms with Crippen LogP contribution in [0.4, 0.5) is 11.5 Å². The summed E-state index contributed by atoms with van der Waals surface area (Å²) < 4.78 is 0. The smallest absolute Gasteiger partial charge is 0.123 e. The molecule has 1 atom stereocenters. The Balaban J connectivity index is 2.41. The van der Waals surface area contributed by atoms with E-state index in [1.54, 1.807) is 12.3 Å². The molecular formula is C10H17N3. The molecule has 3 heteroatoms. The van der Waals surface area contributed by atoms with Crippen LogP contribution in [-0.2, 0) is 0 Å². The Bertz CT molecular complexity index is 243. The first-order chi connectivity index (χ1) is 6.22. The minimum atomic E-state index is 0.564. The van der Waals surface area contributed by atoms with E-state index in [9.17, 15) is 0 Å². The highest BCUT2D eigenvalue weighted by molar-refractivity contribution is 5.45. The van der Waals surface area contributed by atoms with Crippen molar-refractivity contribution in [3.8, 4) is 0 Å². The minimum Gasteiger partial charge on any atom is -0.384 e. The lowest BCUT2D eigenvalue weighted by Gasteiger charge is -2.10. The average molecular weight is 179 g/mol. The molecule has 1 aromatic heterocycles. The van der Waals surface area contributed by atoms with Gasteiger partial charge in [-0.1, -0.05) is 20.3 Å². The third-order valence-electron chi connectivity index (χ3n) is 2.14. The summed E-state index contributed by atoms with van der Waals surface area (Å²) in [5.74, 6) is 1.26. The van der Waals surface area contributed by atoms with Crippen molar-refractivity contribution in [3.63, 3.8) is 0 Å². The van der Waals surface area contributed by atoms with Crippen LogP contribution >= 0.6 is 0 Å². The topological polar surface area (TPSA) is 50.9 Å². The fourth-order valence-corrected chi connectivity index (χ4v) is 0.946. The molecule has 0 radical (unpaired) electrons. The van der Waals surface area contributed by atoms with Gasteiger partial charge in [-0.2, -0.15) is 0 Å². The van der Waals surface area contributed by atoms with Crippen molar-refractivity contribution in [1.82, 2.24) is 4.98 Å². The molecule has 0 aromatic carbocycles. The number of nitrogens with two attached hydrogens (primary N) is 1. The van der Waals surface area contributed by atoms with E-state index in [1.807, 2.05) is 6.07 Å². The number of nitrogens with one attached hydrogen (secondary N) is 1. The zero-order valence-electron chi connectivity index (χ0n) is 8.25. The summed E-state index contributed by atoms with van der Waals surface area (Å²) in [6, 6.07) is 3.75. The first-order valence-corrected chi connectivity index (χ1v) is 4.67. The van der Waals surface area contributed by atoms with Gasteiger partial charge in [0.25, 0.3) is 0 Å². The SMILES string of the molecule is CCC(C)CNc1ccc(N)nc1. The van der Waals surface area contributed by atoms with Crippen molar-refractivity contribution in [2.45, 2.75) is 20.3 Å². The van der Waals surface area contributed by atoms with Crippen molar-refractivity contribution >= 4 is 11.5 Å². The van der Waals surface area contributed by atoms with Gasteiger partial charge in [0.05, 0.1) is 11.9 Å². The van der Waals surface area contributed by atoms with Crippen LogP contribution in [0.5, 0.6) is 0 Å². The summed E-state index contributed by atoms with van der Waals surface area (Å²) in [7, 11) is 0. The summed E-state index contributed by atoms with van der Waals surface area (Å²) in [5.41, 5.74) is 6.51. The van der Waals surface area contributed by atoms with Crippen molar-refractivity contribution in [1.29, 1.82) is 0 Å². The molecule has 0 bridgehead atoms. The maximum absolute atomic E-state index is 5.47. The maximum atomic E-state index is 5.47. The molecule has 3 N–H and O–H groups in total. The van der Waals surface area contributed by atoms with Gasteiger partial charge in [-0.25, -0.2) is 4.98 Å². The van der Waals surface area contributed by atoms with Crippen LogP contribution < -0.4 is 11.1 Å². The highest BCUT2D eigenvalue weighted by Gasteiger charge is 1.98. The van der Waals surface area contributed by atoms with Gasteiger partial charge in [-0.3, -0.25) is 0 Å². The molecule has 1 heterocycles. The number of anilines is 2. The Hall–Kier alpha value is -1.25. The number of pyridine rings is 1. The van der Waals surface area contributed by atoms with Gasteiger partial charge < -0.3 is 11.1 Å². The summed E-state index contributed by atoms with van der Waals surface area (Å²) >= 11 is 0. The van der Waals surface area contributed by atoms with Crippen molar-refractivity contribution in [2.24, 2.45) is 5.92 Å². The first kappa shape index (κ1) is 9.84. The largest absolute Gasteiger partial charge is 0.384 e. The van der Waals surface area contributed by atoms with E-state index in [0.29, 0.717) is 11.7 Å². The molecule has 0 saturated heterocycles. The van der Waals surface area contributed by atoms with Crippen LogP contribution in [0.25, 0.3) is 0 Å². The summed E-state index contributed by atoms with van der Waals surface area (Å²) in [6.45, 7) is 5.40. The molecule has 0 fully saturated rings. The lowest BCUT2D eigenvalue weighted by atomic mass is 10.1. The Morgan fingerprint density at radius 1 is 1.54 bits per heavy atom. The highest BCUT2D eigenvalue weighted by Crippen LogP contribution is 2.08. The molecule has 0 aliphatic rings. The fraction of sp³-hybridized carbons (Fsp3) is 0.500. The normalized spacial score (nSPS) is 12.5. The lowest BCUT2D eigenvalue weighted by Crippen LogP contribution is -2.10. The van der Waals surface area contributed by atoms with Crippen molar-refractivity contribution < 1.29 is 0 Å². The second kappa shape index (κ2) is 4.70. The van der Waals surface area contributed by atoms with E-state index in [0.717, 1.165) is 12.2 Å². The van der Waals surface area contributed by atoms with Crippen LogP contribution in [0.15, 0.2) is 18.3 Å². The number of nitrogens with zero attached hydrogens (tertiary/aromatic N) is 1. The number of nitrogen functional groups attached to an aromatic ring is 1. The molecule has 1 rings (SSSR count). The fourth-order valence-electron chi connectivity index (χ4n) is 0.946. The molecule has 1 unspecified atom stereocenters. The lowest BCUT2D eigenvalue weighted by molar-refractivity contribution is 0.593. The number of hydrogen-bond acceptors (Lipinski definition) is 3.